The fourth-order valence-electron chi connectivity index (χ4n) is 0.777. The first kappa shape index (κ1) is 14.9. The SMILES string of the molecule is O=S([O-])c1ccc(OC(F)F)c(F)c1.[Na+]. The zero-order chi connectivity index (χ0) is 10.7. The maximum Gasteiger partial charge on any atom is 1.00 e. The molecule has 0 spiro atoms. The van der Waals surface area contributed by atoms with Crippen LogP contribution in [-0.2, 0) is 11.1 Å². The second-order valence-corrected chi connectivity index (χ2v) is 3.15. The first-order chi connectivity index (χ1) is 6.50. The van der Waals surface area contributed by atoms with Crippen LogP contribution in [0.1, 0.15) is 0 Å². The van der Waals surface area contributed by atoms with Crippen molar-refractivity contribution in [1.82, 2.24) is 0 Å². The normalized spacial score (nSPS) is 12.1. The summed E-state index contributed by atoms with van der Waals surface area (Å²) >= 11 is -2.59. The van der Waals surface area contributed by atoms with Crippen LogP contribution < -0.4 is 34.3 Å². The van der Waals surface area contributed by atoms with E-state index in [1.807, 2.05) is 0 Å². The molecule has 0 aliphatic heterocycles. The average molecular weight is 248 g/mol. The number of ether oxygens (including phenoxy) is 1. The zero-order valence-corrected chi connectivity index (χ0v) is 10.4. The first-order valence-electron chi connectivity index (χ1n) is 3.34. The van der Waals surface area contributed by atoms with E-state index in [1.165, 1.54) is 0 Å². The van der Waals surface area contributed by atoms with Crippen molar-refractivity contribution in [3.05, 3.63) is 24.0 Å². The third-order valence-corrected chi connectivity index (χ3v) is 1.95. The Labute approximate surface area is 108 Å². The van der Waals surface area contributed by atoms with Gasteiger partial charge in [-0.15, -0.1) is 0 Å². The molecule has 8 heteroatoms. The maximum atomic E-state index is 12.8. The third kappa shape index (κ3) is 4.52. The van der Waals surface area contributed by atoms with Gasteiger partial charge in [0.25, 0.3) is 0 Å². The third-order valence-electron chi connectivity index (χ3n) is 1.31. The van der Waals surface area contributed by atoms with Gasteiger partial charge in [0.1, 0.15) is 0 Å². The van der Waals surface area contributed by atoms with Crippen molar-refractivity contribution >= 4 is 11.1 Å². The molecule has 0 amide bonds. The quantitative estimate of drug-likeness (QED) is 0.492. The van der Waals surface area contributed by atoms with E-state index in [9.17, 15) is 21.9 Å². The summed E-state index contributed by atoms with van der Waals surface area (Å²) in [4.78, 5) is -0.330. The van der Waals surface area contributed by atoms with E-state index in [0.29, 0.717) is 6.07 Å². The smallest absolute Gasteiger partial charge is 0.768 e. The monoisotopic (exact) mass is 248 g/mol. The summed E-state index contributed by atoms with van der Waals surface area (Å²) in [6.07, 6.45) is 0. The Morgan fingerprint density at radius 3 is 2.40 bits per heavy atom. The molecule has 1 aromatic carbocycles. The predicted molar refractivity (Wildman–Crippen MR) is 40.2 cm³/mol. The van der Waals surface area contributed by atoms with Gasteiger partial charge in [-0.1, -0.05) is 0 Å². The summed E-state index contributed by atoms with van der Waals surface area (Å²) in [7, 11) is 0. The Hall–Kier alpha value is -0.0800. The number of hydrogen-bond acceptors (Lipinski definition) is 3. The molecular formula is C7H4F3NaO3S. The number of alkyl halides is 2. The van der Waals surface area contributed by atoms with E-state index in [4.69, 9.17) is 0 Å². The molecule has 1 rings (SSSR count). The summed E-state index contributed by atoms with van der Waals surface area (Å²) in [6, 6.07) is 2.39. The van der Waals surface area contributed by atoms with Gasteiger partial charge in [-0.25, -0.2) is 4.39 Å². The van der Waals surface area contributed by atoms with E-state index in [1.54, 1.807) is 0 Å². The van der Waals surface area contributed by atoms with Crippen molar-refractivity contribution in [2.75, 3.05) is 0 Å². The van der Waals surface area contributed by atoms with Crippen molar-refractivity contribution in [2.24, 2.45) is 0 Å². The molecule has 0 N–H and O–H groups in total. The van der Waals surface area contributed by atoms with Crippen LogP contribution in [0.4, 0.5) is 13.2 Å². The van der Waals surface area contributed by atoms with Crippen LogP contribution in [0.25, 0.3) is 0 Å². The summed E-state index contributed by atoms with van der Waals surface area (Å²) < 4.78 is 60.6. The van der Waals surface area contributed by atoms with Gasteiger partial charge in [0.2, 0.25) is 0 Å². The standard InChI is InChI=1S/C7H5F3O3S.Na/c8-5-3-4(14(11)12)1-2-6(5)13-7(9)10;/h1-3,7H,(H,11,12);/q;+1/p-1. The van der Waals surface area contributed by atoms with Gasteiger partial charge in [0.15, 0.2) is 11.6 Å². The van der Waals surface area contributed by atoms with Crippen LogP contribution in [0.15, 0.2) is 23.1 Å². The van der Waals surface area contributed by atoms with Gasteiger partial charge in [-0.2, -0.15) is 8.78 Å². The molecule has 78 valence electrons. The van der Waals surface area contributed by atoms with E-state index in [2.05, 4.69) is 4.74 Å². The van der Waals surface area contributed by atoms with Crippen LogP contribution >= 0.6 is 0 Å². The Morgan fingerprint density at radius 1 is 1.40 bits per heavy atom. The van der Waals surface area contributed by atoms with Gasteiger partial charge in [-0.3, -0.25) is 4.21 Å². The van der Waals surface area contributed by atoms with Crippen molar-refractivity contribution in [2.45, 2.75) is 11.5 Å². The van der Waals surface area contributed by atoms with Crippen molar-refractivity contribution in [3.63, 3.8) is 0 Å². The molecule has 0 aliphatic rings. The van der Waals surface area contributed by atoms with E-state index < -0.39 is 29.3 Å². The molecule has 0 radical (unpaired) electrons. The summed E-state index contributed by atoms with van der Waals surface area (Å²) in [5.74, 6) is -1.83. The largest absolute Gasteiger partial charge is 1.00 e. The molecule has 3 nitrogen and oxygen atoms in total. The Morgan fingerprint density at radius 2 is 2.00 bits per heavy atom. The molecule has 0 aromatic heterocycles. The molecular weight excluding hydrogens is 244 g/mol. The molecule has 0 bridgehead atoms. The van der Waals surface area contributed by atoms with E-state index in [0.717, 1.165) is 12.1 Å². The van der Waals surface area contributed by atoms with Gasteiger partial charge in [0.05, 0.1) is 0 Å². The van der Waals surface area contributed by atoms with Crippen molar-refractivity contribution in [1.29, 1.82) is 0 Å². The molecule has 0 saturated carbocycles. The zero-order valence-electron chi connectivity index (χ0n) is 7.58. The minimum absolute atomic E-state index is 0. The number of benzene rings is 1. The Balaban J connectivity index is 0.00000196. The second kappa shape index (κ2) is 6.49. The predicted octanol–water partition coefficient (Wildman–Crippen LogP) is -1.33. The molecule has 15 heavy (non-hydrogen) atoms. The Kier molecular flexibility index (Phi) is 6.46. The minimum Gasteiger partial charge on any atom is -0.768 e. The van der Waals surface area contributed by atoms with E-state index in [-0.39, 0.29) is 34.5 Å². The molecule has 0 aliphatic carbocycles. The number of halogens is 3. The molecule has 1 unspecified atom stereocenters. The second-order valence-electron chi connectivity index (χ2n) is 2.21. The molecule has 1 aromatic rings. The van der Waals surface area contributed by atoms with Crippen molar-refractivity contribution < 1.29 is 56.2 Å². The van der Waals surface area contributed by atoms with Crippen LogP contribution in [0.5, 0.6) is 5.75 Å². The van der Waals surface area contributed by atoms with Crippen LogP contribution in [-0.4, -0.2) is 15.4 Å². The summed E-state index contributed by atoms with van der Waals surface area (Å²) in [5.41, 5.74) is 0. The van der Waals surface area contributed by atoms with Crippen LogP contribution in [0.3, 0.4) is 0 Å². The fourth-order valence-corrected chi connectivity index (χ4v) is 1.16. The number of rotatable bonds is 3. The van der Waals surface area contributed by atoms with Gasteiger partial charge in [-0.05, 0) is 29.3 Å². The Bertz CT molecular complexity index is 361. The van der Waals surface area contributed by atoms with Crippen molar-refractivity contribution in [3.8, 4) is 5.75 Å². The van der Waals surface area contributed by atoms with Crippen LogP contribution in [0, 0.1) is 5.82 Å². The van der Waals surface area contributed by atoms with Crippen LogP contribution in [0.2, 0.25) is 0 Å². The molecule has 0 fully saturated rings. The fraction of sp³-hybridized carbons (Fsp3) is 0.143. The maximum absolute atomic E-state index is 12.8. The molecule has 0 heterocycles. The van der Waals surface area contributed by atoms with E-state index >= 15 is 0 Å². The number of hydrogen-bond donors (Lipinski definition) is 0. The topological polar surface area (TPSA) is 49.4 Å². The average Bonchev–Trinajstić information content (AvgIpc) is 2.07. The van der Waals surface area contributed by atoms with Gasteiger partial charge < -0.3 is 9.29 Å². The van der Waals surface area contributed by atoms with Gasteiger partial charge >= 0.3 is 36.2 Å². The summed E-state index contributed by atoms with van der Waals surface area (Å²) in [6.45, 7) is -3.15. The molecule has 1 atom stereocenters. The summed E-state index contributed by atoms with van der Waals surface area (Å²) in [5, 5.41) is 0. The first-order valence-corrected chi connectivity index (χ1v) is 4.42. The van der Waals surface area contributed by atoms with Gasteiger partial charge in [0, 0.05) is 4.90 Å². The minimum atomic E-state index is -3.15. The molecule has 0 saturated heterocycles.